The molecule has 0 aliphatic rings. The summed E-state index contributed by atoms with van der Waals surface area (Å²) in [6.45, 7) is 7.67. The van der Waals surface area contributed by atoms with Crippen LogP contribution in [0.25, 0.3) is 0 Å². The molecular formula is C19H27NO4. The van der Waals surface area contributed by atoms with Gasteiger partial charge < -0.3 is 9.64 Å². The van der Waals surface area contributed by atoms with E-state index in [0.29, 0.717) is 12.3 Å². The summed E-state index contributed by atoms with van der Waals surface area (Å²) < 4.78 is 5.39. The first-order valence-corrected chi connectivity index (χ1v) is 8.28. The van der Waals surface area contributed by atoms with Crippen molar-refractivity contribution in [3.8, 4) is 5.75 Å². The van der Waals surface area contributed by atoms with Crippen LogP contribution in [-0.2, 0) is 20.9 Å². The predicted molar refractivity (Wildman–Crippen MR) is 92.5 cm³/mol. The number of ether oxygens (including phenoxy) is 1. The second kappa shape index (κ2) is 9.21. The van der Waals surface area contributed by atoms with Gasteiger partial charge in [0.15, 0.2) is 0 Å². The first-order chi connectivity index (χ1) is 11.2. The van der Waals surface area contributed by atoms with Crippen LogP contribution in [0.5, 0.6) is 5.75 Å². The third-order valence-corrected chi connectivity index (χ3v) is 3.69. The van der Waals surface area contributed by atoms with Gasteiger partial charge in [0, 0.05) is 37.4 Å². The van der Waals surface area contributed by atoms with Crippen molar-refractivity contribution in [1.29, 1.82) is 0 Å². The van der Waals surface area contributed by atoms with Crippen LogP contribution in [0.15, 0.2) is 24.3 Å². The highest BCUT2D eigenvalue weighted by atomic mass is 16.5. The van der Waals surface area contributed by atoms with Crippen LogP contribution in [-0.4, -0.2) is 29.6 Å². The summed E-state index contributed by atoms with van der Waals surface area (Å²) in [7, 11) is 1.72. The van der Waals surface area contributed by atoms with Gasteiger partial charge in [-0.3, -0.25) is 14.4 Å². The van der Waals surface area contributed by atoms with Gasteiger partial charge in [0.1, 0.15) is 11.5 Å². The smallest absolute Gasteiger partial charge is 0.311 e. The Hall–Kier alpha value is -2.17. The number of benzene rings is 1. The molecule has 1 aromatic rings. The van der Waals surface area contributed by atoms with Gasteiger partial charge in [0.2, 0.25) is 5.91 Å². The van der Waals surface area contributed by atoms with Crippen LogP contribution >= 0.6 is 0 Å². The van der Waals surface area contributed by atoms with E-state index in [1.54, 1.807) is 24.1 Å². The zero-order valence-electron chi connectivity index (χ0n) is 15.2. The average Bonchev–Trinajstić information content (AvgIpc) is 2.53. The fourth-order valence-corrected chi connectivity index (χ4v) is 2.20. The second-order valence-electron chi connectivity index (χ2n) is 6.55. The number of ketones is 1. The van der Waals surface area contributed by atoms with Crippen LogP contribution in [0.2, 0.25) is 0 Å². The van der Waals surface area contributed by atoms with Gasteiger partial charge in [-0.25, -0.2) is 0 Å². The van der Waals surface area contributed by atoms with E-state index in [4.69, 9.17) is 4.74 Å². The Kier molecular flexibility index (Phi) is 7.62. The molecule has 0 bridgehead atoms. The highest BCUT2D eigenvalue weighted by molar-refractivity contribution is 5.84. The van der Waals surface area contributed by atoms with Gasteiger partial charge in [0.25, 0.3) is 0 Å². The maximum atomic E-state index is 12.0. The lowest BCUT2D eigenvalue weighted by Gasteiger charge is -2.20. The first-order valence-electron chi connectivity index (χ1n) is 8.28. The van der Waals surface area contributed by atoms with E-state index in [9.17, 15) is 14.4 Å². The van der Waals surface area contributed by atoms with Crippen molar-refractivity contribution in [2.24, 2.45) is 11.8 Å². The van der Waals surface area contributed by atoms with E-state index in [0.717, 1.165) is 5.56 Å². The van der Waals surface area contributed by atoms with Crippen molar-refractivity contribution in [3.63, 3.8) is 0 Å². The number of carbonyl (C=O) groups excluding carboxylic acids is 3. The second-order valence-corrected chi connectivity index (χ2v) is 6.55. The number of hydrogen-bond acceptors (Lipinski definition) is 4. The highest BCUT2D eigenvalue weighted by Gasteiger charge is 2.17. The van der Waals surface area contributed by atoms with Gasteiger partial charge in [0.05, 0.1) is 6.42 Å². The van der Waals surface area contributed by atoms with Crippen LogP contribution in [0.4, 0.5) is 0 Å². The molecule has 0 fully saturated rings. The number of para-hydroxylation sites is 1. The topological polar surface area (TPSA) is 63.7 Å². The number of carbonyl (C=O) groups is 3. The standard InChI is InChI=1S/C19H27NO4/c1-13(2)16(21)10-11-18(22)24-17-9-7-6-8-15(17)12-20(5)19(23)14(3)4/h6-9,13-14H,10-12H2,1-5H3. The Morgan fingerprint density at radius 2 is 1.62 bits per heavy atom. The van der Waals surface area contributed by atoms with Crippen LogP contribution in [0.3, 0.4) is 0 Å². The number of hydrogen-bond donors (Lipinski definition) is 0. The van der Waals surface area contributed by atoms with Crippen molar-refractivity contribution >= 4 is 17.7 Å². The Morgan fingerprint density at radius 3 is 2.21 bits per heavy atom. The lowest BCUT2D eigenvalue weighted by Crippen LogP contribution is -2.30. The van der Waals surface area contributed by atoms with E-state index in [-0.39, 0.29) is 36.4 Å². The van der Waals surface area contributed by atoms with Crippen LogP contribution < -0.4 is 4.74 Å². The Morgan fingerprint density at radius 1 is 1.00 bits per heavy atom. The molecule has 0 unspecified atom stereocenters. The monoisotopic (exact) mass is 333 g/mol. The van der Waals surface area contributed by atoms with Crippen molar-refractivity contribution < 1.29 is 19.1 Å². The molecule has 1 rings (SSSR count). The summed E-state index contributed by atoms with van der Waals surface area (Å²) >= 11 is 0. The van der Waals surface area contributed by atoms with Gasteiger partial charge in [-0.1, -0.05) is 45.9 Å². The maximum Gasteiger partial charge on any atom is 0.311 e. The molecule has 1 amide bonds. The van der Waals surface area contributed by atoms with E-state index in [2.05, 4.69) is 0 Å². The molecule has 0 N–H and O–H groups in total. The van der Waals surface area contributed by atoms with Crippen molar-refractivity contribution in [3.05, 3.63) is 29.8 Å². The minimum atomic E-state index is -0.436. The lowest BCUT2D eigenvalue weighted by molar-refractivity contribution is -0.136. The minimum Gasteiger partial charge on any atom is -0.426 e. The summed E-state index contributed by atoms with van der Waals surface area (Å²) in [6, 6.07) is 7.13. The number of rotatable bonds is 8. The van der Waals surface area contributed by atoms with Crippen molar-refractivity contribution in [2.45, 2.75) is 47.1 Å². The van der Waals surface area contributed by atoms with Gasteiger partial charge in [-0.05, 0) is 6.07 Å². The Labute approximate surface area is 144 Å². The Bertz CT molecular complexity index is 593. The number of nitrogens with zero attached hydrogens (tertiary/aromatic N) is 1. The van der Waals surface area contributed by atoms with E-state index in [1.807, 2.05) is 39.8 Å². The number of amides is 1. The minimum absolute atomic E-state index is 0.0265. The van der Waals surface area contributed by atoms with E-state index in [1.165, 1.54) is 0 Å². The molecule has 0 atom stereocenters. The molecule has 0 aliphatic heterocycles. The van der Waals surface area contributed by atoms with E-state index >= 15 is 0 Å². The fraction of sp³-hybridized carbons (Fsp3) is 0.526. The highest BCUT2D eigenvalue weighted by Crippen LogP contribution is 2.21. The summed E-state index contributed by atoms with van der Waals surface area (Å²) in [6.07, 6.45) is 0.247. The normalized spacial score (nSPS) is 10.8. The quantitative estimate of drug-likeness (QED) is 0.541. The molecule has 0 aromatic heterocycles. The molecule has 0 saturated carbocycles. The predicted octanol–water partition coefficient (Wildman–Crippen LogP) is 3.21. The Balaban J connectivity index is 2.71. The summed E-state index contributed by atoms with van der Waals surface area (Å²) in [4.78, 5) is 37.2. The number of Topliss-reactive ketones (excluding diaryl/α,β-unsaturated/α-hetero) is 1. The summed E-state index contributed by atoms with van der Waals surface area (Å²) in [5, 5.41) is 0. The van der Waals surface area contributed by atoms with E-state index < -0.39 is 5.97 Å². The lowest BCUT2D eigenvalue weighted by atomic mass is 10.1. The molecule has 5 nitrogen and oxygen atoms in total. The van der Waals surface area contributed by atoms with Gasteiger partial charge in [-0.15, -0.1) is 0 Å². The van der Waals surface area contributed by atoms with Crippen LogP contribution in [0, 0.1) is 11.8 Å². The molecular weight excluding hydrogens is 306 g/mol. The maximum absolute atomic E-state index is 12.0. The van der Waals surface area contributed by atoms with Gasteiger partial charge >= 0.3 is 5.97 Å². The van der Waals surface area contributed by atoms with Crippen molar-refractivity contribution in [1.82, 2.24) is 4.90 Å². The molecule has 0 spiro atoms. The third kappa shape index (κ3) is 6.14. The van der Waals surface area contributed by atoms with Crippen molar-refractivity contribution in [2.75, 3.05) is 7.05 Å². The first kappa shape index (κ1) is 19.9. The molecule has 0 heterocycles. The number of esters is 1. The molecule has 1 aromatic carbocycles. The molecule has 0 aliphatic carbocycles. The molecule has 0 radical (unpaired) electrons. The average molecular weight is 333 g/mol. The van der Waals surface area contributed by atoms with Crippen LogP contribution in [0.1, 0.15) is 46.1 Å². The third-order valence-electron chi connectivity index (χ3n) is 3.69. The van der Waals surface area contributed by atoms with Gasteiger partial charge in [-0.2, -0.15) is 0 Å². The summed E-state index contributed by atoms with van der Waals surface area (Å²) in [5.74, 6) is -0.106. The molecule has 5 heteroatoms. The zero-order valence-corrected chi connectivity index (χ0v) is 15.2. The summed E-state index contributed by atoms with van der Waals surface area (Å²) in [5.41, 5.74) is 0.762. The largest absolute Gasteiger partial charge is 0.426 e. The fourth-order valence-electron chi connectivity index (χ4n) is 2.20. The molecule has 24 heavy (non-hydrogen) atoms. The SMILES string of the molecule is CC(C)C(=O)CCC(=O)Oc1ccccc1CN(C)C(=O)C(C)C. The molecule has 132 valence electrons. The zero-order chi connectivity index (χ0) is 18.3. The molecule has 0 saturated heterocycles.